The van der Waals surface area contributed by atoms with Crippen molar-refractivity contribution in [3.8, 4) is 0 Å². The average Bonchev–Trinajstić information content (AvgIpc) is 2.83. The van der Waals surface area contributed by atoms with E-state index in [1.165, 1.54) is 11.1 Å². The molecule has 3 aromatic carbocycles. The van der Waals surface area contributed by atoms with Crippen molar-refractivity contribution in [3.63, 3.8) is 0 Å². The molecule has 2 aliphatic rings. The van der Waals surface area contributed by atoms with Crippen molar-refractivity contribution in [1.29, 1.82) is 0 Å². The summed E-state index contributed by atoms with van der Waals surface area (Å²) in [6, 6.07) is 23.9. The highest BCUT2D eigenvalue weighted by Gasteiger charge is 2.45. The van der Waals surface area contributed by atoms with Gasteiger partial charge in [0.15, 0.2) is 0 Å². The van der Waals surface area contributed by atoms with E-state index in [1.54, 1.807) is 0 Å². The number of nitrogens with zero attached hydrogens (tertiary/aromatic N) is 1. The number of amides is 2. The van der Waals surface area contributed by atoms with E-state index in [1.807, 2.05) is 41.3 Å². The first-order valence-corrected chi connectivity index (χ1v) is 11.0. The molecule has 2 atom stereocenters. The van der Waals surface area contributed by atoms with Crippen LogP contribution in [0.1, 0.15) is 57.1 Å². The van der Waals surface area contributed by atoms with Crippen molar-refractivity contribution >= 4 is 11.8 Å². The van der Waals surface area contributed by atoms with Crippen molar-refractivity contribution in [2.45, 2.75) is 38.3 Å². The largest absolute Gasteiger partial charge is 0.351 e. The first-order chi connectivity index (χ1) is 15.2. The summed E-state index contributed by atoms with van der Waals surface area (Å²) in [4.78, 5) is 28.7. The number of benzene rings is 3. The van der Waals surface area contributed by atoms with Crippen molar-refractivity contribution in [2.75, 3.05) is 6.54 Å². The van der Waals surface area contributed by atoms with Gasteiger partial charge < -0.3 is 10.2 Å². The summed E-state index contributed by atoms with van der Waals surface area (Å²) in [6.45, 7) is 3.24. The van der Waals surface area contributed by atoms with Gasteiger partial charge in [0.1, 0.15) is 0 Å². The molecule has 0 bridgehead atoms. The molecule has 2 unspecified atom stereocenters. The molecule has 5 rings (SSSR count). The Balaban J connectivity index is 1.50. The Morgan fingerprint density at radius 3 is 2.39 bits per heavy atom. The van der Waals surface area contributed by atoms with Gasteiger partial charge >= 0.3 is 0 Å². The van der Waals surface area contributed by atoms with Gasteiger partial charge in [-0.15, -0.1) is 0 Å². The molecule has 0 spiro atoms. The second kappa shape index (κ2) is 8.03. The van der Waals surface area contributed by atoms with Crippen LogP contribution in [0.15, 0.2) is 72.8 Å². The molecule has 0 aliphatic carbocycles. The fourth-order valence-corrected chi connectivity index (χ4v) is 4.95. The van der Waals surface area contributed by atoms with Crippen LogP contribution >= 0.6 is 0 Å². The average molecular weight is 411 g/mol. The summed E-state index contributed by atoms with van der Waals surface area (Å²) >= 11 is 0. The van der Waals surface area contributed by atoms with Crippen LogP contribution in [0.2, 0.25) is 0 Å². The first-order valence-electron chi connectivity index (χ1n) is 11.0. The maximum atomic E-state index is 13.6. The van der Waals surface area contributed by atoms with Crippen molar-refractivity contribution in [3.05, 3.63) is 106 Å². The van der Waals surface area contributed by atoms with E-state index in [9.17, 15) is 9.59 Å². The minimum absolute atomic E-state index is 0.0225. The van der Waals surface area contributed by atoms with Gasteiger partial charge in [-0.25, -0.2) is 0 Å². The fraction of sp³-hybridized carbons (Fsp3) is 0.259. The van der Waals surface area contributed by atoms with Crippen LogP contribution in [0.25, 0.3) is 0 Å². The fourth-order valence-electron chi connectivity index (χ4n) is 4.95. The molecule has 4 heteroatoms. The topological polar surface area (TPSA) is 49.4 Å². The van der Waals surface area contributed by atoms with Gasteiger partial charge in [-0.1, -0.05) is 73.7 Å². The number of rotatable bonds is 4. The monoisotopic (exact) mass is 410 g/mol. The SMILES string of the molecule is CCc1ccc(CNC(=O)C2c3ccccc3C(=O)N3CCc4ccccc4C23)cc1. The van der Waals surface area contributed by atoms with Gasteiger partial charge in [0.25, 0.3) is 5.91 Å². The Morgan fingerprint density at radius 1 is 0.935 bits per heavy atom. The van der Waals surface area contributed by atoms with Crippen LogP contribution in [0, 0.1) is 0 Å². The molecule has 2 aliphatic heterocycles. The van der Waals surface area contributed by atoms with E-state index >= 15 is 0 Å². The van der Waals surface area contributed by atoms with E-state index in [-0.39, 0.29) is 17.9 Å². The zero-order valence-corrected chi connectivity index (χ0v) is 17.7. The number of carbonyl (C=O) groups excluding carboxylic acids is 2. The molecule has 0 saturated heterocycles. The van der Waals surface area contributed by atoms with Crippen molar-refractivity contribution < 1.29 is 9.59 Å². The maximum Gasteiger partial charge on any atom is 0.254 e. The number of hydrogen-bond acceptors (Lipinski definition) is 2. The number of fused-ring (bicyclic) bond motifs is 4. The third-order valence-electron chi connectivity index (χ3n) is 6.61. The van der Waals surface area contributed by atoms with Crippen LogP contribution in [0.4, 0.5) is 0 Å². The zero-order chi connectivity index (χ0) is 21.4. The molecule has 1 N–H and O–H groups in total. The summed E-state index contributed by atoms with van der Waals surface area (Å²) in [7, 11) is 0. The van der Waals surface area contributed by atoms with Gasteiger partial charge in [0.05, 0.1) is 12.0 Å². The highest BCUT2D eigenvalue weighted by atomic mass is 16.2. The Bertz CT molecular complexity index is 1140. The molecule has 4 nitrogen and oxygen atoms in total. The number of aryl methyl sites for hydroxylation is 1. The Hall–Kier alpha value is -3.40. The molecular weight excluding hydrogens is 384 g/mol. The minimum Gasteiger partial charge on any atom is -0.351 e. The number of carbonyl (C=O) groups is 2. The molecule has 0 fully saturated rings. The zero-order valence-electron chi connectivity index (χ0n) is 17.7. The number of nitrogens with one attached hydrogen (secondary N) is 1. The van der Waals surface area contributed by atoms with E-state index in [0.717, 1.165) is 29.5 Å². The summed E-state index contributed by atoms with van der Waals surface area (Å²) in [5.74, 6) is -0.439. The summed E-state index contributed by atoms with van der Waals surface area (Å²) in [5, 5.41) is 3.15. The predicted molar refractivity (Wildman–Crippen MR) is 121 cm³/mol. The van der Waals surface area contributed by atoms with Crippen molar-refractivity contribution in [1.82, 2.24) is 10.2 Å². The van der Waals surface area contributed by atoms with Crippen LogP contribution in [-0.2, 0) is 24.2 Å². The van der Waals surface area contributed by atoms with Gasteiger partial charge in [0.2, 0.25) is 5.91 Å². The predicted octanol–water partition coefficient (Wildman–Crippen LogP) is 4.40. The lowest BCUT2D eigenvalue weighted by molar-refractivity contribution is -0.124. The smallest absolute Gasteiger partial charge is 0.254 e. The van der Waals surface area contributed by atoms with Crippen LogP contribution < -0.4 is 5.32 Å². The minimum atomic E-state index is -0.426. The quantitative estimate of drug-likeness (QED) is 0.693. The molecule has 3 aromatic rings. The third-order valence-corrected chi connectivity index (χ3v) is 6.61. The normalized spacial score (nSPS) is 19.3. The Kier molecular flexibility index (Phi) is 5.06. The highest BCUT2D eigenvalue weighted by molar-refractivity contribution is 6.01. The lowest BCUT2D eigenvalue weighted by atomic mass is 9.76. The van der Waals surface area contributed by atoms with Crippen LogP contribution in [0.3, 0.4) is 0 Å². The standard InChI is InChI=1S/C27H26N2O2/c1-2-18-11-13-19(14-12-18)17-28-26(30)24-22-9-5-6-10-23(22)27(31)29-16-15-20-7-3-4-8-21(20)25(24)29/h3-14,24-25H,2,15-17H2,1H3,(H,28,30). The van der Waals surface area contributed by atoms with Gasteiger partial charge in [-0.3, -0.25) is 9.59 Å². The molecular formula is C27H26N2O2. The van der Waals surface area contributed by atoms with E-state index in [2.05, 4.69) is 48.6 Å². The van der Waals surface area contributed by atoms with E-state index < -0.39 is 5.92 Å². The Morgan fingerprint density at radius 2 is 1.61 bits per heavy atom. The lowest BCUT2D eigenvalue weighted by Crippen LogP contribution is -2.50. The highest BCUT2D eigenvalue weighted by Crippen LogP contribution is 2.45. The second-order valence-electron chi connectivity index (χ2n) is 8.34. The first kappa shape index (κ1) is 19.6. The molecule has 0 aromatic heterocycles. The van der Waals surface area contributed by atoms with E-state index in [4.69, 9.17) is 0 Å². The van der Waals surface area contributed by atoms with Crippen molar-refractivity contribution in [2.24, 2.45) is 0 Å². The summed E-state index contributed by atoms with van der Waals surface area (Å²) < 4.78 is 0. The van der Waals surface area contributed by atoms with Crippen LogP contribution in [-0.4, -0.2) is 23.3 Å². The third kappa shape index (κ3) is 3.42. The lowest BCUT2D eigenvalue weighted by Gasteiger charge is -2.45. The molecule has 2 amide bonds. The van der Waals surface area contributed by atoms with E-state index in [0.29, 0.717) is 18.7 Å². The van der Waals surface area contributed by atoms with Crippen LogP contribution in [0.5, 0.6) is 0 Å². The number of hydrogen-bond donors (Lipinski definition) is 1. The molecule has 156 valence electrons. The molecule has 2 heterocycles. The molecule has 0 saturated carbocycles. The van der Waals surface area contributed by atoms with Gasteiger partial charge in [0, 0.05) is 18.7 Å². The summed E-state index contributed by atoms with van der Waals surface area (Å²) in [6.07, 6.45) is 1.81. The summed E-state index contributed by atoms with van der Waals surface area (Å²) in [5.41, 5.74) is 6.14. The van der Waals surface area contributed by atoms with Gasteiger partial charge in [-0.05, 0) is 46.7 Å². The molecule has 0 radical (unpaired) electrons. The molecule has 31 heavy (non-hydrogen) atoms. The second-order valence-corrected chi connectivity index (χ2v) is 8.34. The Labute approximate surface area is 182 Å². The maximum absolute atomic E-state index is 13.6. The van der Waals surface area contributed by atoms with Gasteiger partial charge in [-0.2, -0.15) is 0 Å².